The van der Waals surface area contributed by atoms with Gasteiger partial charge in [0.25, 0.3) is 0 Å². The van der Waals surface area contributed by atoms with E-state index < -0.39 is 6.04 Å². The van der Waals surface area contributed by atoms with Crippen LogP contribution in [0.2, 0.25) is 0 Å². The molecule has 1 unspecified atom stereocenters. The highest BCUT2D eigenvalue weighted by atomic mass is 79.9. The molecule has 0 spiro atoms. The summed E-state index contributed by atoms with van der Waals surface area (Å²) in [5.74, 6) is 0.671. The molecule has 8 heteroatoms. The van der Waals surface area contributed by atoms with Crippen molar-refractivity contribution in [2.75, 3.05) is 12.4 Å². The van der Waals surface area contributed by atoms with E-state index in [9.17, 15) is 4.79 Å². The van der Waals surface area contributed by atoms with Crippen molar-refractivity contribution in [3.8, 4) is 5.75 Å². The van der Waals surface area contributed by atoms with Gasteiger partial charge in [-0.15, -0.1) is 0 Å². The third-order valence-corrected chi connectivity index (χ3v) is 5.51. The number of hydrogen-bond donors (Lipinski definition) is 1. The number of aromatic nitrogens is 4. The smallest absolute Gasteiger partial charge is 0.249 e. The minimum Gasteiger partial charge on any atom is -0.497 e. The van der Waals surface area contributed by atoms with Crippen LogP contribution in [0.3, 0.4) is 0 Å². The molecule has 0 saturated heterocycles. The van der Waals surface area contributed by atoms with Gasteiger partial charge in [0.05, 0.1) is 40.9 Å². The molecule has 0 aliphatic heterocycles. The van der Waals surface area contributed by atoms with Gasteiger partial charge in [-0.1, -0.05) is 12.1 Å². The van der Waals surface area contributed by atoms with Crippen LogP contribution in [0.15, 0.2) is 34.9 Å². The minimum atomic E-state index is -0.439. The summed E-state index contributed by atoms with van der Waals surface area (Å²) in [4.78, 5) is 12.7. The minimum absolute atomic E-state index is 0.137. The Morgan fingerprint density at radius 1 is 1.25 bits per heavy atom. The number of benzene rings is 1. The molecule has 148 valence electrons. The van der Waals surface area contributed by atoms with Gasteiger partial charge in [-0.25, -0.2) is 0 Å². The van der Waals surface area contributed by atoms with Crippen LogP contribution in [0.4, 0.5) is 5.69 Å². The van der Waals surface area contributed by atoms with Crippen LogP contribution in [-0.4, -0.2) is 32.6 Å². The number of methoxy groups -OCH3 is 1. The first-order chi connectivity index (χ1) is 13.3. The molecule has 2 heterocycles. The standard InChI is InChI=1S/C20H24BrN5O2/c1-12-18(21)11-26(23-12)15(4)20(27)22-19-13(2)24-25(14(19)3)10-16-7-6-8-17(9-16)28-5/h6-9,11,15H,10H2,1-5H3,(H,22,27). The fourth-order valence-electron chi connectivity index (χ4n) is 2.98. The predicted octanol–water partition coefficient (Wildman–Crippen LogP) is 4.02. The average Bonchev–Trinajstić information content (AvgIpc) is 3.14. The molecular weight excluding hydrogens is 422 g/mol. The van der Waals surface area contributed by atoms with Crippen molar-refractivity contribution >= 4 is 27.5 Å². The van der Waals surface area contributed by atoms with E-state index >= 15 is 0 Å². The van der Waals surface area contributed by atoms with E-state index in [4.69, 9.17) is 4.74 Å². The van der Waals surface area contributed by atoms with Gasteiger partial charge in [0, 0.05) is 6.20 Å². The lowest BCUT2D eigenvalue weighted by molar-refractivity contribution is -0.119. The van der Waals surface area contributed by atoms with Crippen LogP contribution in [0, 0.1) is 20.8 Å². The molecule has 7 nitrogen and oxygen atoms in total. The number of carbonyl (C=O) groups is 1. The van der Waals surface area contributed by atoms with Gasteiger partial charge in [-0.05, 0) is 61.3 Å². The number of hydrogen-bond acceptors (Lipinski definition) is 4. The maximum absolute atomic E-state index is 12.7. The zero-order valence-electron chi connectivity index (χ0n) is 16.7. The maximum atomic E-state index is 12.7. The van der Waals surface area contributed by atoms with Crippen molar-refractivity contribution in [2.24, 2.45) is 0 Å². The van der Waals surface area contributed by atoms with Crippen molar-refractivity contribution in [1.82, 2.24) is 19.6 Å². The van der Waals surface area contributed by atoms with Gasteiger partial charge >= 0.3 is 0 Å². The summed E-state index contributed by atoms with van der Waals surface area (Å²) in [6.45, 7) is 8.15. The van der Waals surface area contributed by atoms with Crippen molar-refractivity contribution in [1.29, 1.82) is 0 Å². The van der Waals surface area contributed by atoms with Crippen LogP contribution in [0.5, 0.6) is 5.75 Å². The predicted molar refractivity (Wildman–Crippen MR) is 112 cm³/mol. The van der Waals surface area contributed by atoms with Gasteiger partial charge in [-0.3, -0.25) is 14.2 Å². The quantitative estimate of drug-likeness (QED) is 0.621. The van der Waals surface area contributed by atoms with E-state index in [0.717, 1.165) is 38.6 Å². The molecule has 28 heavy (non-hydrogen) atoms. The molecule has 1 N–H and O–H groups in total. The normalized spacial score (nSPS) is 12.1. The number of ether oxygens (including phenoxy) is 1. The molecule has 1 aromatic carbocycles. The second-order valence-electron chi connectivity index (χ2n) is 6.76. The summed E-state index contributed by atoms with van der Waals surface area (Å²) in [6.07, 6.45) is 1.81. The summed E-state index contributed by atoms with van der Waals surface area (Å²) in [7, 11) is 1.65. The van der Waals surface area contributed by atoms with Crippen molar-refractivity contribution in [3.63, 3.8) is 0 Å². The molecule has 3 aromatic rings. The molecule has 1 amide bonds. The van der Waals surface area contributed by atoms with E-state index in [1.165, 1.54) is 0 Å². The van der Waals surface area contributed by atoms with E-state index in [2.05, 4.69) is 31.4 Å². The summed E-state index contributed by atoms with van der Waals surface area (Å²) < 4.78 is 9.71. The lowest BCUT2D eigenvalue weighted by atomic mass is 10.2. The SMILES string of the molecule is COc1cccc(Cn2nc(C)c(NC(=O)C(C)n3cc(Br)c(C)n3)c2C)c1. The Balaban J connectivity index is 1.78. The summed E-state index contributed by atoms with van der Waals surface area (Å²) in [5, 5.41) is 12.0. The van der Waals surface area contributed by atoms with Crippen LogP contribution >= 0.6 is 15.9 Å². The topological polar surface area (TPSA) is 74.0 Å². The Bertz CT molecular complexity index is 989. The Hall–Kier alpha value is -2.61. The third-order valence-electron chi connectivity index (χ3n) is 4.73. The third kappa shape index (κ3) is 4.11. The number of anilines is 1. The molecule has 3 rings (SSSR count). The first-order valence-electron chi connectivity index (χ1n) is 8.99. The van der Waals surface area contributed by atoms with Crippen molar-refractivity contribution in [3.05, 3.63) is 57.6 Å². The highest BCUT2D eigenvalue weighted by Crippen LogP contribution is 2.23. The lowest BCUT2D eigenvalue weighted by Gasteiger charge is -2.13. The molecule has 0 radical (unpaired) electrons. The highest BCUT2D eigenvalue weighted by molar-refractivity contribution is 9.10. The number of nitrogens with zero attached hydrogens (tertiary/aromatic N) is 4. The van der Waals surface area contributed by atoms with Crippen LogP contribution in [-0.2, 0) is 11.3 Å². The molecule has 1 atom stereocenters. The number of nitrogens with one attached hydrogen (secondary N) is 1. The number of amides is 1. The monoisotopic (exact) mass is 445 g/mol. The maximum Gasteiger partial charge on any atom is 0.249 e. The number of carbonyl (C=O) groups excluding carboxylic acids is 1. The molecule has 0 aliphatic carbocycles. The number of aryl methyl sites for hydroxylation is 2. The Labute approximate surface area is 172 Å². The van der Waals surface area contributed by atoms with Crippen LogP contribution in [0.1, 0.15) is 35.6 Å². The van der Waals surface area contributed by atoms with E-state index in [1.54, 1.807) is 11.8 Å². The van der Waals surface area contributed by atoms with Gasteiger partial charge in [0.1, 0.15) is 11.8 Å². The van der Waals surface area contributed by atoms with E-state index in [0.29, 0.717) is 6.54 Å². The molecule has 0 fully saturated rings. The molecule has 0 aliphatic rings. The number of halogens is 1. The summed E-state index contributed by atoms with van der Waals surface area (Å²) in [6, 6.07) is 7.43. The average molecular weight is 446 g/mol. The van der Waals surface area contributed by atoms with Crippen LogP contribution in [0.25, 0.3) is 0 Å². The van der Waals surface area contributed by atoms with Crippen molar-refractivity contribution < 1.29 is 9.53 Å². The fraction of sp³-hybridized carbons (Fsp3) is 0.350. The highest BCUT2D eigenvalue weighted by Gasteiger charge is 2.21. The molecule has 0 saturated carbocycles. The van der Waals surface area contributed by atoms with Gasteiger partial charge in [0.2, 0.25) is 5.91 Å². The lowest BCUT2D eigenvalue weighted by Crippen LogP contribution is -2.24. The van der Waals surface area contributed by atoms with Gasteiger partial charge < -0.3 is 10.1 Å². The molecular formula is C20H24BrN5O2. The summed E-state index contributed by atoms with van der Waals surface area (Å²) >= 11 is 3.43. The zero-order valence-corrected chi connectivity index (χ0v) is 18.2. The Morgan fingerprint density at radius 2 is 2.00 bits per heavy atom. The first kappa shape index (κ1) is 20.1. The van der Waals surface area contributed by atoms with Gasteiger partial charge in [0.15, 0.2) is 0 Å². The molecule has 2 aromatic heterocycles. The van der Waals surface area contributed by atoms with E-state index in [1.807, 2.05) is 62.8 Å². The summed E-state index contributed by atoms with van der Waals surface area (Å²) in [5.41, 5.74) is 4.34. The second-order valence-corrected chi connectivity index (χ2v) is 7.62. The van der Waals surface area contributed by atoms with Crippen LogP contribution < -0.4 is 10.1 Å². The largest absolute Gasteiger partial charge is 0.497 e. The zero-order chi connectivity index (χ0) is 20.4. The van der Waals surface area contributed by atoms with Gasteiger partial charge in [-0.2, -0.15) is 10.2 Å². The Morgan fingerprint density at radius 3 is 2.64 bits per heavy atom. The fourth-order valence-corrected chi connectivity index (χ4v) is 3.27. The number of rotatable bonds is 6. The second kappa shape index (κ2) is 8.18. The first-order valence-corrected chi connectivity index (χ1v) is 9.78. The molecule has 0 bridgehead atoms. The van der Waals surface area contributed by atoms with Crippen molar-refractivity contribution in [2.45, 2.75) is 40.3 Å². The van der Waals surface area contributed by atoms with E-state index in [-0.39, 0.29) is 5.91 Å². The Kier molecular flexibility index (Phi) is 5.88.